The highest BCUT2D eigenvalue weighted by Crippen LogP contribution is 2.38. The molecule has 196 valence electrons. The van der Waals surface area contributed by atoms with E-state index in [1.54, 1.807) is 6.08 Å². The van der Waals surface area contributed by atoms with E-state index < -0.39 is 5.97 Å². The van der Waals surface area contributed by atoms with E-state index in [-0.39, 0.29) is 17.5 Å². The molecule has 1 saturated carbocycles. The number of esters is 1. The van der Waals surface area contributed by atoms with E-state index in [9.17, 15) is 9.59 Å². The van der Waals surface area contributed by atoms with Crippen LogP contribution >= 0.6 is 0 Å². The zero-order valence-electron chi connectivity index (χ0n) is 21.9. The zero-order valence-corrected chi connectivity index (χ0v) is 21.9. The van der Waals surface area contributed by atoms with Crippen LogP contribution in [0.25, 0.3) is 28.3 Å². The molecule has 1 aliphatic carbocycles. The van der Waals surface area contributed by atoms with Gasteiger partial charge in [0.05, 0.1) is 17.6 Å². The molecule has 0 spiro atoms. The smallest absolute Gasteiger partial charge is 0.344 e. The molecule has 0 radical (unpaired) electrons. The Bertz CT molecular complexity index is 1450. The Labute approximate surface area is 222 Å². The number of rotatable bonds is 9. The number of fused-ring (bicyclic) bond motifs is 2. The SMILES string of the molecule is CCCCCOC(=O)c1c(NC(=O)C=Cc2ccccc2)n(C2CCCCC2)c2nc3ccccc3nc12. The number of anilines is 1. The Kier molecular flexibility index (Phi) is 8.12. The summed E-state index contributed by atoms with van der Waals surface area (Å²) in [5, 5.41) is 3.03. The molecule has 0 atom stereocenters. The Hall–Kier alpha value is -4.00. The van der Waals surface area contributed by atoms with Crippen molar-refractivity contribution in [2.24, 2.45) is 0 Å². The first kappa shape index (κ1) is 25.6. The Balaban J connectivity index is 1.62. The van der Waals surface area contributed by atoms with Crippen LogP contribution in [0.15, 0.2) is 60.7 Å². The van der Waals surface area contributed by atoms with Gasteiger partial charge in [0, 0.05) is 12.1 Å². The fraction of sp³-hybridized carbons (Fsp3) is 0.355. The molecule has 5 rings (SSSR count). The van der Waals surface area contributed by atoms with Crippen LogP contribution in [0, 0.1) is 0 Å². The van der Waals surface area contributed by atoms with Gasteiger partial charge in [0.25, 0.3) is 0 Å². The average Bonchev–Trinajstić information content (AvgIpc) is 3.26. The van der Waals surface area contributed by atoms with Crippen molar-refractivity contribution < 1.29 is 14.3 Å². The lowest BCUT2D eigenvalue weighted by Crippen LogP contribution is -2.20. The molecule has 7 nitrogen and oxygen atoms in total. The second-order valence-electron chi connectivity index (χ2n) is 9.85. The molecule has 2 aromatic heterocycles. The van der Waals surface area contributed by atoms with E-state index in [1.807, 2.05) is 59.2 Å². The lowest BCUT2D eigenvalue weighted by atomic mass is 9.95. The number of ether oxygens (including phenoxy) is 1. The maximum absolute atomic E-state index is 13.6. The molecular formula is C31H34N4O3. The number of benzene rings is 2. The number of carbonyl (C=O) groups excluding carboxylic acids is 2. The minimum absolute atomic E-state index is 0.108. The van der Waals surface area contributed by atoms with Gasteiger partial charge in [-0.05, 0) is 43.0 Å². The largest absolute Gasteiger partial charge is 0.462 e. The van der Waals surface area contributed by atoms with E-state index in [2.05, 4.69) is 12.2 Å². The van der Waals surface area contributed by atoms with Gasteiger partial charge in [0.1, 0.15) is 16.9 Å². The summed E-state index contributed by atoms with van der Waals surface area (Å²) in [4.78, 5) is 36.6. The third-order valence-electron chi connectivity index (χ3n) is 7.09. The number of unbranched alkanes of at least 4 members (excludes halogenated alkanes) is 2. The van der Waals surface area contributed by atoms with Crippen molar-refractivity contribution in [3.63, 3.8) is 0 Å². The van der Waals surface area contributed by atoms with Gasteiger partial charge in [-0.3, -0.25) is 4.79 Å². The zero-order chi connectivity index (χ0) is 26.3. The molecule has 2 aromatic carbocycles. The number of nitrogens with zero attached hydrogens (tertiary/aromatic N) is 3. The fourth-order valence-electron chi connectivity index (χ4n) is 5.16. The summed E-state index contributed by atoms with van der Waals surface area (Å²) in [5.41, 5.74) is 3.72. The maximum atomic E-state index is 13.6. The Morgan fingerprint density at radius 1 is 0.974 bits per heavy atom. The second-order valence-corrected chi connectivity index (χ2v) is 9.85. The van der Waals surface area contributed by atoms with Crippen LogP contribution in [-0.2, 0) is 9.53 Å². The summed E-state index contributed by atoms with van der Waals surface area (Å²) < 4.78 is 7.75. The molecule has 0 aliphatic heterocycles. The van der Waals surface area contributed by atoms with Crippen LogP contribution in [0.3, 0.4) is 0 Å². The number of para-hydroxylation sites is 2. The van der Waals surface area contributed by atoms with Gasteiger partial charge in [-0.1, -0.05) is 81.5 Å². The van der Waals surface area contributed by atoms with Crippen molar-refractivity contribution in [3.8, 4) is 0 Å². The number of carbonyl (C=O) groups is 2. The minimum atomic E-state index is -0.479. The van der Waals surface area contributed by atoms with E-state index in [1.165, 1.54) is 12.5 Å². The van der Waals surface area contributed by atoms with Crippen molar-refractivity contribution in [1.29, 1.82) is 0 Å². The Morgan fingerprint density at radius 2 is 1.68 bits per heavy atom. The average molecular weight is 511 g/mol. The van der Waals surface area contributed by atoms with Crippen LogP contribution in [0.1, 0.15) is 80.3 Å². The van der Waals surface area contributed by atoms with E-state index in [0.717, 1.165) is 56.0 Å². The first-order valence-electron chi connectivity index (χ1n) is 13.7. The van der Waals surface area contributed by atoms with Gasteiger partial charge in [-0.2, -0.15) is 0 Å². The summed E-state index contributed by atoms with van der Waals surface area (Å²) >= 11 is 0. The van der Waals surface area contributed by atoms with Gasteiger partial charge >= 0.3 is 5.97 Å². The molecule has 38 heavy (non-hydrogen) atoms. The molecule has 7 heteroatoms. The molecule has 1 N–H and O–H groups in total. The highest BCUT2D eigenvalue weighted by atomic mass is 16.5. The van der Waals surface area contributed by atoms with Crippen molar-refractivity contribution in [2.75, 3.05) is 11.9 Å². The minimum Gasteiger partial charge on any atom is -0.462 e. The van der Waals surface area contributed by atoms with Gasteiger partial charge in [0.15, 0.2) is 5.65 Å². The third kappa shape index (κ3) is 5.62. The quantitative estimate of drug-likeness (QED) is 0.148. The Morgan fingerprint density at radius 3 is 2.42 bits per heavy atom. The first-order chi connectivity index (χ1) is 18.7. The molecule has 4 aromatic rings. The number of hydrogen-bond acceptors (Lipinski definition) is 5. The predicted molar refractivity (Wildman–Crippen MR) is 151 cm³/mol. The van der Waals surface area contributed by atoms with Gasteiger partial charge in [0.2, 0.25) is 5.91 Å². The monoisotopic (exact) mass is 510 g/mol. The van der Waals surface area contributed by atoms with Gasteiger partial charge in [-0.15, -0.1) is 0 Å². The first-order valence-corrected chi connectivity index (χ1v) is 13.7. The van der Waals surface area contributed by atoms with Crippen LogP contribution in [-0.4, -0.2) is 33.0 Å². The van der Waals surface area contributed by atoms with Crippen LogP contribution < -0.4 is 5.32 Å². The van der Waals surface area contributed by atoms with Crippen LogP contribution in [0.4, 0.5) is 5.82 Å². The summed E-state index contributed by atoms with van der Waals surface area (Å²) in [6.07, 6.45) is 11.3. The highest BCUT2D eigenvalue weighted by molar-refractivity contribution is 6.13. The molecule has 2 heterocycles. The topological polar surface area (TPSA) is 86.1 Å². The molecule has 1 aliphatic rings. The summed E-state index contributed by atoms with van der Waals surface area (Å²) in [5.74, 6) is -0.378. The summed E-state index contributed by atoms with van der Waals surface area (Å²) in [7, 11) is 0. The van der Waals surface area contributed by atoms with Gasteiger partial charge < -0.3 is 14.6 Å². The van der Waals surface area contributed by atoms with Crippen molar-refractivity contribution in [3.05, 3.63) is 71.8 Å². The summed E-state index contributed by atoms with van der Waals surface area (Å²) in [6, 6.07) is 17.4. The van der Waals surface area contributed by atoms with Gasteiger partial charge in [-0.25, -0.2) is 14.8 Å². The van der Waals surface area contributed by atoms with Crippen molar-refractivity contribution >= 4 is 46.0 Å². The maximum Gasteiger partial charge on any atom is 0.344 e. The van der Waals surface area contributed by atoms with Crippen LogP contribution in [0.5, 0.6) is 0 Å². The molecule has 0 bridgehead atoms. The molecule has 1 amide bonds. The van der Waals surface area contributed by atoms with E-state index >= 15 is 0 Å². The van der Waals surface area contributed by atoms with Crippen molar-refractivity contribution in [1.82, 2.24) is 14.5 Å². The van der Waals surface area contributed by atoms with E-state index in [4.69, 9.17) is 14.7 Å². The van der Waals surface area contributed by atoms with Crippen molar-refractivity contribution in [2.45, 2.75) is 64.3 Å². The second kappa shape index (κ2) is 12.0. The molecular weight excluding hydrogens is 476 g/mol. The lowest BCUT2D eigenvalue weighted by molar-refractivity contribution is -0.111. The highest BCUT2D eigenvalue weighted by Gasteiger charge is 2.31. The standard InChI is InChI=1S/C31H34N4O3/c1-2-3-12-21-38-31(37)27-28-30(33-25-18-11-10-17-24(25)32-28)35(23-15-8-5-9-16-23)29(27)34-26(36)20-19-22-13-6-4-7-14-22/h4,6-7,10-11,13-14,17-20,23H,2-3,5,8-9,12,15-16,21H2,1H3,(H,34,36). The lowest BCUT2D eigenvalue weighted by Gasteiger charge is -2.26. The third-order valence-corrected chi connectivity index (χ3v) is 7.09. The van der Waals surface area contributed by atoms with E-state index in [0.29, 0.717) is 29.1 Å². The number of aromatic nitrogens is 3. The summed E-state index contributed by atoms with van der Waals surface area (Å²) in [6.45, 7) is 2.43. The molecule has 1 fully saturated rings. The molecule has 0 saturated heterocycles. The van der Waals surface area contributed by atoms with Crippen LogP contribution in [0.2, 0.25) is 0 Å². The number of nitrogens with one attached hydrogen (secondary N) is 1. The number of hydrogen-bond donors (Lipinski definition) is 1. The predicted octanol–water partition coefficient (Wildman–Crippen LogP) is 7.09. The number of amides is 1. The normalized spacial score (nSPS) is 14.3. The fourth-order valence-corrected chi connectivity index (χ4v) is 5.16. The molecule has 0 unspecified atom stereocenters.